The van der Waals surface area contributed by atoms with Crippen LogP contribution in [0, 0.1) is 35.5 Å². The van der Waals surface area contributed by atoms with E-state index in [2.05, 4.69) is 21.3 Å². The number of carbonyl (C=O) groups is 10. The van der Waals surface area contributed by atoms with Crippen molar-refractivity contribution >= 4 is 59.1 Å². The summed E-state index contributed by atoms with van der Waals surface area (Å²) in [6.45, 7) is 26.1. The van der Waals surface area contributed by atoms with Crippen molar-refractivity contribution in [3.63, 3.8) is 0 Å². The number of amides is 10. The van der Waals surface area contributed by atoms with Gasteiger partial charge in [0.2, 0.25) is 59.1 Å². The van der Waals surface area contributed by atoms with Gasteiger partial charge in [-0.2, -0.15) is 0 Å². The van der Waals surface area contributed by atoms with Crippen LogP contribution in [-0.2, 0) is 54.4 Å². The third kappa shape index (κ3) is 21.9. The summed E-state index contributed by atoms with van der Waals surface area (Å²) in [4.78, 5) is 156. The summed E-state index contributed by atoms with van der Waals surface area (Å²) in [6, 6.07) is -3.06. The molecule has 0 bridgehead atoms. The minimum atomic E-state index is -1.61. The molecule has 23 heteroatoms. The third-order valence-corrected chi connectivity index (χ3v) is 17.1. The van der Waals surface area contributed by atoms with E-state index < -0.39 is 156 Å². The monoisotopic (exact) mass is 1250 g/mol. The summed E-state index contributed by atoms with van der Waals surface area (Å²) in [5.74, 6) is -8.71. The number of aliphatic hydroxyl groups is 2. The first kappa shape index (κ1) is 78.6. The van der Waals surface area contributed by atoms with E-state index in [4.69, 9.17) is 0 Å². The molecule has 23 nitrogen and oxygen atoms in total. The lowest BCUT2D eigenvalue weighted by atomic mass is 9.91. The number of nitrogens with zero attached hydrogens (tertiary/aromatic N) is 7. The number of benzene rings is 1. The van der Waals surface area contributed by atoms with Gasteiger partial charge in [-0.15, -0.1) is 0 Å². The number of hydrogen-bond acceptors (Lipinski definition) is 13. The van der Waals surface area contributed by atoms with Gasteiger partial charge >= 0.3 is 0 Å². The predicted octanol–water partition coefficient (Wildman–Crippen LogP) is 3.65. The Morgan fingerprint density at radius 3 is 1.49 bits per heavy atom. The summed E-state index contributed by atoms with van der Waals surface area (Å²) in [6.07, 6.45) is 1.52. The molecule has 13 atom stereocenters. The van der Waals surface area contributed by atoms with Crippen molar-refractivity contribution in [1.29, 1.82) is 0 Å². The van der Waals surface area contributed by atoms with Gasteiger partial charge in [-0.3, -0.25) is 53.3 Å². The minimum Gasteiger partial charge on any atom is -0.390 e. The maximum Gasteiger partial charge on any atom is 0.246 e. The molecule has 10 amide bonds. The molecule has 6 N–H and O–H groups in total. The SMILES string of the molecule is C/C=C/C[C@@H](C)[C@@H](O)[C@H]1C(=O)N[C@@H](CC)C(=O)N(C)CC(=O)N(C)[C@@H](Cc2ccccc2)C(O)N[C@@H](C(C)C)C(=O)N(C)[C@@H](CC(C)C)C(=O)N[C@@H](CC)C(=O)N[C@H](C)C(=O)N(C)[C@@H](CC(C)C)C(=O)N(C)[C@H](CC(C)C)C(=O)N(C)[C@@H](C(C)C)C(=O)N1C. The van der Waals surface area contributed by atoms with Gasteiger partial charge in [0.1, 0.15) is 54.6 Å². The van der Waals surface area contributed by atoms with Gasteiger partial charge in [0.15, 0.2) is 0 Å². The smallest absolute Gasteiger partial charge is 0.246 e. The van der Waals surface area contributed by atoms with Crippen molar-refractivity contribution in [3.05, 3.63) is 48.0 Å². The Balaban J connectivity index is 3.02. The molecular formula is C66H113N11O12. The maximum absolute atomic E-state index is 15.2. The standard InChI is InChI=1S/C66H113N11O12/c1-23-26-30-43(14)56(79)55-60(83)69-47(25-3)62(85)71(16)37-52(78)72(17)49(36-45-31-28-27-29-32-45)59(82)70-53(41(10)11)65(88)73(18)48(33-38(4)5)58(81)68-46(24-2)57(80)67-44(15)61(84)74(19)50(34-39(6)7)63(86)75(20)51(35-40(8)9)64(87)76(21)54(42(12)13)66(89)77(55)22/h23,26-29,31-32,38-44,46-51,53-56,59,70,79,82H,24-25,30,33-37H2,1-22H3,(H,67,80)(H,68,81)(H,69,83)/b26-23+/t43-,44-,46+,47+,48+,49+,50+,51-,53+,54+,55+,56-,59?/m1/s1. The molecule has 1 unspecified atom stereocenters. The Hall–Kier alpha value is -6.46. The van der Waals surface area contributed by atoms with E-state index in [1.54, 1.807) is 73.6 Å². The number of rotatable bonds is 16. The lowest BCUT2D eigenvalue weighted by Gasteiger charge is -2.41. The van der Waals surface area contributed by atoms with Crippen LogP contribution in [0.3, 0.4) is 0 Å². The fourth-order valence-corrected chi connectivity index (χ4v) is 11.4. The second-order valence-corrected chi connectivity index (χ2v) is 26.5. The maximum atomic E-state index is 15.2. The third-order valence-electron chi connectivity index (χ3n) is 17.1. The van der Waals surface area contributed by atoms with Crippen LogP contribution in [0.1, 0.15) is 148 Å². The first-order valence-corrected chi connectivity index (χ1v) is 31.9. The molecule has 0 aliphatic carbocycles. The van der Waals surface area contributed by atoms with Gasteiger partial charge in [0.25, 0.3) is 0 Å². The van der Waals surface area contributed by atoms with Crippen molar-refractivity contribution in [3.8, 4) is 0 Å². The van der Waals surface area contributed by atoms with E-state index in [0.29, 0.717) is 6.42 Å². The summed E-state index contributed by atoms with van der Waals surface area (Å²) in [7, 11) is 10.1. The molecule has 1 heterocycles. The van der Waals surface area contributed by atoms with Gasteiger partial charge in [-0.25, -0.2) is 0 Å². The second kappa shape index (κ2) is 36.4. The number of hydrogen-bond donors (Lipinski definition) is 6. The van der Waals surface area contributed by atoms with Gasteiger partial charge in [-0.05, 0) is 99.9 Å². The molecule has 1 aromatic carbocycles. The van der Waals surface area contributed by atoms with Crippen molar-refractivity contribution in [2.24, 2.45) is 35.5 Å². The zero-order valence-electron chi connectivity index (χ0n) is 57.7. The molecule has 1 aliphatic rings. The number of allylic oxidation sites excluding steroid dienone is 2. The molecule has 0 radical (unpaired) electrons. The van der Waals surface area contributed by atoms with E-state index in [0.717, 1.165) is 15.4 Å². The zero-order valence-corrected chi connectivity index (χ0v) is 57.7. The van der Waals surface area contributed by atoms with Gasteiger partial charge in [0.05, 0.1) is 24.7 Å². The number of carbonyl (C=O) groups excluding carboxylic acids is 10. The van der Waals surface area contributed by atoms with Crippen LogP contribution in [0.5, 0.6) is 0 Å². The van der Waals surface area contributed by atoms with Crippen LogP contribution < -0.4 is 21.3 Å². The topological polar surface area (TPSA) is 282 Å². The predicted molar refractivity (Wildman–Crippen MR) is 345 cm³/mol. The first-order valence-electron chi connectivity index (χ1n) is 31.9. The Morgan fingerprint density at radius 1 is 0.539 bits per heavy atom. The Labute approximate surface area is 531 Å². The van der Waals surface area contributed by atoms with E-state index in [-0.39, 0.29) is 56.3 Å². The molecule has 504 valence electrons. The highest BCUT2D eigenvalue weighted by molar-refractivity contribution is 5.98. The lowest BCUT2D eigenvalue weighted by molar-refractivity contribution is -0.157. The lowest BCUT2D eigenvalue weighted by Crippen LogP contribution is -2.63. The largest absolute Gasteiger partial charge is 0.390 e. The summed E-state index contributed by atoms with van der Waals surface area (Å²) in [5.41, 5.74) is 0.736. The fourth-order valence-electron chi connectivity index (χ4n) is 11.4. The van der Waals surface area contributed by atoms with E-state index >= 15 is 14.4 Å². The molecule has 0 aromatic heterocycles. The summed E-state index contributed by atoms with van der Waals surface area (Å²) < 4.78 is 0. The molecule has 0 saturated carbocycles. The Morgan fingerprint density at radius 2 is 1.01 bits per heavy atom. The normalized spacial score (nSPS) is 27.0. The molecule has 0 spiro atoms. The highest BCUT2D eigenvalue weighted by Crippen LogP contribution is 2.26. The van der Waals surface area contributed by atoms with Crippen LogP contribution in [0.4, 0.5) is 0 Å². The molecule has 1 aliphatic heterocycles. The molecule has 89 heavy (non-hydrogen) atoms. The van der Waals surface area contributed by atoms with E-state index in [1.165, 1.54) is 80.8 Å². The molecule has 1 saturated heterocycles. The highest BCUT2D eigenvalue weighted by atomic mass is 16.3. The van der Waals surface area contributed by atoms with Crippen LogP contribution >= 0.6 is 0 Å². The Bertz CT molecular complexity index is 2550. The highest BCUT2D eigenvalue weighted by Gasteiger charge is 2.46. The Kier molecular flexibility index (Phi) is 32.2. The van der Waals surface area contributed by atoms with Crippen molar-refractivity contribution in [2.45, 2.75) is 222 Å². The minimum absolute atomic E-state index is 0.0239. The molecular weight excluding hydrogens is 1140 g/mol. The van der Waals surface area contributed by atoms with Crippen LogP contribution in [-0.4, -0.2) is 232 Å². The number of likely N-dealkylation sites (N-methyl/N-ethyl adjacent to an activating group) is 7. The van der Waals surface area contributed by atoms with Crippen molar-refractivity contribution in [2.75, 3.05) is 55.9 Å². The molecule has 1 aromatic rings. The van der Waals surface area contributed by atoms with Gasteiger partial charge in [-0.1, -0.05) is 132 Å². The average Bonchev–Trinajstić information content (AvgIpc) is 1.06. The zero-order chi connectivity index (χ0) is 68.2. The van der Waals surface area contributed by atoms with Crippen LogP contribution in [0.15, 0.2) is 42.5 Å². The second-order valence-electron chi connectivity index (χ2n) is 26.5. The van der Waals surface area contributed by atoms with Gasteiger partial charge in [0, 0.05) is 49.3 Å². The first-order chi connectivity index (χ1) is 41.4. The van der Waals surface area contributed by atoms with Crippen LogP contribution in [0.25, 0.3) is 0 Å². The summed E-state index contributed by atoms with van der Waals surface area (Å²) in [5, 5.41) is 35.8. The van der Waals surface area contributed by atoms with E-state index in [1.807, 2.05) is 65.8 Å². The number of aliphatic hydroxyl groups excluding tert-OH is 2. The van der Waals surface area contributed by atoms with Crippen LogP contribution in [0.2, 0.25) is 0 Å². The molecule has 2 rings (SSSR count). The summed E-state index contributed by atoms with van der Waals surface area (Å²) >= 11 is 0. The average molecular weight is 1250 g/mol. The number of nitrogens with one attached hydrogen (secondary N) is 4. The van der Waals surface area contributed by atoms with Crippen molar-refractivity contribution in [1.82, 2.24) is 55.6 Å². The fraction of sp³-hybridized carbons (Fsp3) is 0.727. The van der Waals surface area contributed by atoms with Crippen molar-refractivity contribution < 1.29 is 58.2 Å². The molecule has 1 fully saturated rings. The van der Waals surface area contributed by atoms with Gasteiger partial charge < -0.3 is 60.5 Å². The quantitative estimate of drug-likeness (QED) is 0.129. The van der Waals surface area contributed by atoms with E-state index in [9.17, 15) is 43.8 Å².